The van der Waals surface area contributed by atoms with Crippen LogP contribution in [0.3, 0.4) is 0 Å². The molecular weight excluding hydrogens is 384 g/mol. The van der Waals surface area contributed by atoms with Gasteiger partial charge >= 0.3 is 0 Å². The van der Waals surface area contributed by atoms with E-state index < -0.39 is 0 Å². The molecule has 1 aromatic carbocycles. The van der Waals surface area contributed by atoms with Gasteiger partial charge in [0, 0.05) is 26.1 Å². The van der Waals surface area contributed by atoms with E-state index in [2.05, 4.69) is 4.98 Å². The maximum atomic E-state index is 12.7. The number of benzene rings is 1. The van der Waals surface area contributed by atoms with Gasteiger partial charge in [0.05, 0.1) is 11.7 Å². The molecule has 0 spiro atoms. The van der Waals surface area contributed by atoms with E-state index in [4.69, 9.17) is 5.73 Å². The molecule has 1 amide bonds. The third kappa shape index (κ3) is 5.38. The lowest BCUT2D eigenvalue weighted by Crippen LogP contribution is -2.34. The van der Waals surface area contributed by atoms with Gasteiger partial charge in [0.2, 0.25) is 5.91 Å². The predicted octanol–water partition coefficient (Wildman–Crippen LogP) is 2.65. The minimum atomic E-state index is -0.0967. The van der Waals surface area contributed by atoms with Gasteiger partial charge in [-0.1, -0.05) is 30.3 Å². The number of aromatic nitrogens is 2. The molecule has 0 saturated carbocycles. The molecule has 6 nitrogen and oxygen atoms in total. The molecular formula is C19H23ClN4O2S. The summed E-state index contributed by atoms with van der Waals surface area (Å²) in [6, 6.07) is 11.7. The maximum absolute atomic E-state index is 12.7. The molecule has 0 bridgehead atoms. The monoisotopic (exact) mass is 406 g/mol. The standard InChI is InChI=1S/C19H22N4O2S.ClH/c20-9-4-10-22(13-15-5-2-1-3-6-15)17(24)7-11-23-14-21-18-16(19(23)25)8-12-26-18;/h1-3,5-6,8,12,14H,4,7,9-11,13,20H2;1H. The van der Waals surface area contributed by atoms with Crippen LogP contribution >= 0.6 is 23.7 Å². The highest BCUT2D eigenvalue weighted by Gasteiger charge is 2.14. The van der Waals surface area contributed by atoms with Gasteiger partial charge in [-0.25, -0.2) is 4.98 Å². The van der Waals surface area contributed by atoms with Crippen molar-refractivity contribution < 1.29 is 4.79 Å². The third-order valence-corrected chi connectivity index (χ3v) is 5.04. The lowest BCUT2D eigenvalue weighted by molar-refractivity contribution is -0.132. The molecule has 8 heteroatoms. The number of hydrogen-bond donors (Lipinski definition) is 1. The fourth-order valence-corrected chi connectivity index (χ4v) is 3.53. The van der Waals surface area contributed by atoms with Gasteiger partial charge in [-0.3, -0.25) is 14.2 Å². The quantitative estimate of drug-likeness (QED) is 0.623. The number of aryl methyl sites for hydroxylation is 1. The molecule has 144 valence electrons. The van der Waals surface area contributed by atoms with Crippen LogP contribution in [0.4, 0.5) is 0 Å². The summed E-state index contributed by atoms with van der Waals surface area (Å²) in [5.41, 5.74) is 6.59. The van der Waals surface area contributed by atoms with Crippen molar-refractivity contribution in [2.24, 2.45) is 5.73 Å². The molecule has 0 aliphatic heterocycles. The Balaban J connectivity index is 0.00000261. The van der Waals surface area contributed by atoms with E-state index >= 15 is 0 Å². The van der Waals surface area contributed by atoms with Gasteiger partial charge < -0.3 is 10.6 Å². The van der Waals surface area contributed by atoms with E-state index in [-0.39, 0.29) is 30.3 Å². The van der Waals surface area contributed by atoms with Crippen LogP contribution in [-0.2, 0) is 17.9 Å². The van der Waals surface area contributed by atoms with Gasteiger partial charge in [0.15, 0.2) is 0 Å². The second-order valence-corrected chi connectivity index (χ2v) is 6.97. The van der Waals surface area contributed by atoms with Crippen LogP contribution in [0.25, 0.3) is 10.2 Å². The number of halogens is 1. The van der Waals surface area contributed by atoms with Crippen molar-refractivity contribution in [2.75, 3.05) is 13.1 Å². The molecule has 0 radical (unpaired) electrons. The van der Waals surface area contributed by atoms with E-state index in [1.807, 2.05) is 40.6 Å². The lowest BCUT2D eigenvalue weighted by atomic mass is 10.2. The number of thiophene rings is 1. The van der Waals surface area contributed by atoms with Gasteiger partial charge in [0.1, 0.15) is 4.83 Å². The fourth-order valence-electron chi connectivity index (χ4n) is 2.80. The van der Waals surface area contributed by atoms with Crippen molar-refractivity contribution in [2.45, 2.75) is 25.9 Å². The molecule has 0 fully saturated rings. The molecule has 27 heavy (non-hydrogen) atoms. The van der Waals surface area contributed by atoms with Crippen LogP contribution in [0, 0.1) is 0 Å². The molecule has 3 aromatic rings. The Kier molecular flexibility index (Phi) is 7.97. The summed E-state index contributed by atoms with van der Waals surface area (Å²) >= 11 is 1.44. The summed E-state index contributed by atoms with van der Waals surface area (Å²) in [5.74, 6) is 0.0135. The molecule has 3 rings (SSSR count). The molecule has 2 N–H and O–H groups in total. The van der Waals surface area contributed by atoms with Crippen molar-refractivity contribution in [3.05, 3.63) is 64.0 Å². The van der Waals surface area contributed by atoms with Crippen LogP contribution < -0.4 is 11.3 Å². The van der Waals surface area contributed by atoms with E-state index in [1.54, 1.807) is 6.07 Å². The van der Waals surface area contributed by atoms with E-state index in [1.165, 1.54) is 22.2 Å². The summed E-state index contributed by atoms with van der Waals surface area (Å²) in [7, 11) is 0. The van der Waals surface area contributed by atoms with Crippen molar-refractivity contribution in [3.63, 3.8) is 0 Å². The first-order chi connectivity index (χ1) is 12.7. The van der Waals surface area contributed by atoms with Gasteiger partial charge in [0.25, 0.3) is 5.56 Å². The molecule has 2 aromatic heterocycles. The topological polar surface area (TPSA) is 81.2 Å². The largest absolute Gasteiger partial charge is 0.338 e. The van der Waals surface area contributed by atoms with Crippen molar-refractivity contribution in [3.8, 4) is 0 Å². The summed E-state index contributed by atoms with van der Waals surface area (Å²) in [6.45, 7) is 2.03. The second-order valence-electron chi connectivity index (χ2n) is 6.08. The predicted molar refractivity (Wildman–Crippen MR) is 111 cm³/mol. The lowest BCUT2D eigenvalue weighted by Gasteiger charge is -2.23. The highest BCUT2D eigenvalue weighted by Crippen LogP contribution is 2.13. The fraction of sp³-hybridized carbons (Fsp3) is 0.316. The second kappa shape index (κ2) is 10.2. The molecule has 0 atom stereocenters. The van der Waals surface area contributed by atoms with Crippen LogP contribution in [-0.4, -0.2) is 33.4 Å². The summed E-state index contributed by atoms with van der Waals surface area (Å²) in [4.78, 5) is 31.9. The number of carbonyl (C=O) groups excluding carboxylic acids is 1. The SMILES string of the molecule is Cl.NCCCN(Cc1ccccc1)C(=O)CCn1cnc2sccc2c1=O. The first kappa shape index (κ1) is 21.1. The smallest absolute Gasteiger partial charge is 0.262 e. The molecule has 0 unspecified atom stereocenters. The van der Waals surface area contributed by atoms with Crippen LogP contribution in [0.1, 0.15) is 18.4 Å². The summed E-state index contributed by atoms with van der Waals surface area (Å²) in [6.07, 6.45) is 2.53. The number of fused-ring (bicyclic) bond motifs is 1. The van der Waals surface area contributed by atoms with Crippen molar-refractivity contribution in [1.82, 2.24) is 14.5 Å². The normalized spacial score (nSPS) is 10.6. The highest BCUT2D eigenvalue weighted by molar-refractivity contribution is 7.16. The van der Waals surface area contributed by atoms with E-state index in [9.17, 15) is 9.59 Å². The number of nitrogens with zero attached hydrogens (tertiary/aromatic N) is 3. The van der Waals surface area contributed by atoms with Crippen LogP contribution in [0.15, 0.2) is 52.9 Å². The minimum Gasteiger partial charge on any atom is -0.338 e. The zero-order chi connectivity index (χ0) is 18.4. The van der Waals surface area contributed by atoms with E-state index in [0.717, 1.165) is 16.8 Å². The number of hydrogen-bond acceptors (Lipinski definition) is 5. The maximum Gasteiger partial charge on any atom is 0.262 e. The molecule has 2 heterocycles. The summed E-state index contributed by atoms with van der Waals surface area (Å²) < 4.78 is 1.51. The Morgan fingerprint density at radius 2 is 2.00 bits per heavy atom. The Morgan fingerprint density at radius 1 is 1.22 bits per heavy atom. The van der Waals surface area contributed by atoms with Gasteiger partial charge in [-0.15, -0.1) is 23.7 Å². The zero-order valence-electron chi connectivity index (χ0n) is 14.9. The molecule has 0 aliphatic rings. The molecule has 0 aliphatic carbocycles. The Hall–Kier alpha value is -2.22. The van der Waals surface area contributed by atoms with Crippen LogP contribution in [0.2, 0.25) is 0 Å². The average Bonchev–Trinajstić information content (AvgIpc) is 3.15. The Labute approximate surface area is 168 Å². The van der Waals surface area contributed by atoms with Gasteiger partial charge in [-0.05, 0) is 30.0 Å². The third-order valence-electron chi connectivity index (χ3n) is 4.22. The van der Waals surface area contributed by atoms with Gasteiger partial charge in [-0.2, -0.15) is 0 Å². The van der Waals surface area contributed by atoms with Crippen molar-refractivity contribution in [1.29, 1.82) is 0 Å². The van der Waals surface area contributed by atoms with E-state index in [0.29, 0.717) is 31.6 Å². The average molecular weight is 407 g/mol. The summed E-state index contributed by atoms with van der Waals surface area (Å²) in [5, 5.41) is 2.46. The Morgan fingerprint density at radius 3 is 2.74 bits per heavy atom. The van der Waals surface area contributed by atoms with Crippen molar-refractivity contribution >= 4 is 39.9 Å². The highest BCUT2D eigenvalue weighted by atomic mass is 35.5. The number of carbonyl (C=O) groups is 1. The Bertz CT molecular complexity index is 926. The molecule has 0 saturated heterocycles. The number of amides is 1. The van der Waals surface area contributed by atoms with Crippen LogP contribution in [0.5, 0.6) is 0 Å². The number of rotatable bonds is 8. The minimum absolute atomic E-state index is 0. The first-order valence-electron chi connectivity index (χ1n) is 8.63. The zero-order valence-corrected chi connectivity index (χ0v) is 16.5. The first-order valence-corrected chi connectivity index (χ1v) is 9.51. The number of nitrogens with two attached hydrogens (primary N) is 1.